The Bertz CT molecular complexity index is 967. The smallest absolute Gasteiger partial charge is 0.265 e. The van der Waals surface area contributed by atoms with Crippen molar-refractivity contribution >= 4 is 29.2 Å². The van der Waals surface area contributed by atoms with Gasteiger partial charge in [-0.1, -0.05) is 35.9 Å². The highest BCUT2D eigenvalue weighted by Crippen LogP contribution is 2.21. The van der Waals surface area contributed by atoms with Gasteiger partial charge in [-0.15, -0.1) is 0 Å². The normalized spacial score (nSPS) is 10.5. The number of rotatable bonds is 5. The molecular formula is C19H15ClFN3O2. The largest absolute Gasteiger partial charge is 0.364 e. The topological polar surface area (TPSA) is 77.1 Å². The molecule has 0 aliphatic rings. The Morgan fingerprint density at radius 2 is 1.73 bits per heavy atom. The van der Waals surface area contributed by atoms with E-state index in [0.29, 0.717) is 16.4 Å². The number of aromatic nitrogens is 1. The SMILES string of the molecule is NC(=O)c1ccc(NC(=O)c2ccccc2Cl)n1Cc1ccc(F)cc1. The van der Waals surface area contributed by atoms with E-state index in [2.05, 4.69) is 5.32 Å². The molecule has 0 fully saturated rings. The van der Waals surface area contributed by atoms with E-state index in [1.54, 1.807) is 47.0 Å². The Morgan fingerprint density at radius 3 is 2.38 bits per heavy atom. The highest BCUT2D eigenvalue weighted by Gasteiger charge is 2.17. The first-order chi connectivity index (χ1) is 12.5. The van der Waals surface area contributed by atoms with Crippen molar-refractivity contribution in [2.24, 2.45) is 5.73 Å². The summed E-state index contributed by atoms with van der Waals surface area (Å²) in [7, 11) is 0. The molecule has 132 valence electrons. The van der Waals surface area contributed by atoms with Crippen LogP contribution in [0.25, 0.3) is 0 Å². The van der Waals surface area contributed by atoms with Gasteiger partial charge in [0.15, 0.2) is 0 Å². The molecule has 2 aromatic carbocycles. The van der Waals surface area contributed by atoms with E-state index >= 15 is 0 Å². The number of hydrogen-bond donors (Lipinski definition) is 2. The van der Waals surface area contributed by atoms with Gasteiger partial charge in [-0.3, -0.25) is 9.59 Å². The highest BCUT2D eigenvalue weighted by atomic mass is 35.5. The van der Waals surface area contributed by atoms with Gasteiger partial charge in [0.25, 0.3) is 11.8 Å². The average molecular weight is 372 g/mol. The van der Waals surface area contributed by atoms with Crippen LogP contribution in [-0.4, -0.2) is 16.4 Å². The number of anilines is 1. The molecule has 0 aliphatic heterocycles. The summed E-state index contributed by atoms with van der Waals surface area (Å²) >= 11 is 6.05. The number of amides is 2. The van der Waals surface area contributed by atoms with E-state index in [4.69, 9.17) is 17.3 Å². The molecule has 0 spiro atoms. The monoisotopic (exact) mass is 371 g/mol. The van der Waals surface area contributed by atoms with Crippen LogP contribution in [0.5, 0.6) is 0 Å². The minimum atomic E-state index is -0.634. The lowest BCUT2D eigenvalue weighted by molar-refractivity contribution is 0.0987. The predicted molar refractivity (Wildman–Crippen MR) is 97.9 cm³/mol. The standard InChI is InChI=1S/C19H15ClFN3O2/c20-15-4-2-1-3-14(15)19(26)23-17-10-9-16(18(22)25)24(17)11-12-5-7-13(21)8-6-12/h1-10H,11H2,(H2,22,25)(H,23,26). The summed E-state index contributed by atoms with van der Waals surface area (Å²) < 4.78 is 14.7. The fraction of sp³-hybridized carbons (Fsp3) is 0.0526. The average Bonchev–Trinajstić information content (AvgIpc) is 3.00. The highest BCUT2D eigenvalue weighted by molar-refractivity contribution is 6.34. The maximum absolute atomic E-state index is 13.1. The number of benzene rings is 2. The van der Waals surface area contributed by atoms with E-state index in [1.165, 1.54) is 18.2 Å². The zero-order valence-corrected chi connectivity index (χ0v) is 14.3. The fourth-order valence-corrected chi connectivity index (χ4v) is 2.79. The molecule has 0 bridgehead atoms. The lowest BCUT2D eigenvalue weighted by atomic mass is 10.2. The Balaban J connectivity index is 1.92. The minimum absolute atomic E-state index is 0.226. The van der Waals surface area contributed by atoms with E-state index in [-0.39, 0.29) is 18.1 Å². The summed E-state index contributed by atoms with van der Waals surface area (Å²) in [5.74, 6) is -1.02. The number of halogens is 2. The number of nitrogens with one attached hydrogen (secondary N) is 1. The van der Waals surface area contributed by atoms with E-state index in [0.717, 1.165) is 5.56 Å². The van der Waals surface area contributed by atoms with Crippen LogP contribution in [0, 0.1) is 5.82 Å². The number of nitrogens with zero attached hydrogens (tertiary/aromatic N) is 1. The molecule has 0 atom stereocenters. The Labute approximate surface area is 154 Å². The van der Waals surface area contributed by atoms with E-state index < -0.39 is 11.8 Å². The van der Waals surface area contributed by atoms with Gasteiger partial charge in [0.05, 0.1) is 10.6 Å². The first-order valence-electron chi connectivity index (χ1n) is 7.75. The van der Waals surface area contributed by atoms with Crippen molar-refractivity contribution in [1.82, 2.24) is 4.57 Å². The molecular weight excluding hydrogens is 357 g/mol. The first kappa shape index (κ1) is 17.7. The van der Waals surface area contributed by atoms with Crippen molar-refractivity contribution in [1.29, 1.82) is 0 Å². The van der Waals surface area contributed by atoms with Gasteiger partial charge >= 0.3 is 0 Å². The predicted octanol–water partition coefficient (Wildman–Crippen LogP) is 3.68. The maximum atomic E-state index is 13.1. The van der Waals surface area contributed by atoms with Gasteiger partial charge in [0.2, 0.25) is 0 Å². The van der Waals surface area contributed by atoms with E-state index in [9.17, 15) is 14.0 Å². The molecule has 3 aromatic rings. The van der Waals surface area contributed by atoms with Gasteiger partial charge < -0.3 is 15.6 Å². The summed E-state index contributed by atoms with van der Waals surface area (Å²) in [6, 6.07) is 15.6. The number of primary amides is 1. The van der Waals surface area contributed by atoms with Gasteiger partial charge in [0.1, 0.15) is 17.3 Å². The van der Waals surface area contributed by atoms with Crippen LogP contribution < -0.4 is 11.1 Å². The van der Waals surface area contributed by atoms with Crippen molar-refractivity contribution in [3.63, 3.8) is 0 Å². The number of carbonyl (C=O) groups excluding carboxylic acids is 2. The molecule has 3 N–H and O–H groups in total. The Hall–Kier alpha value is -3.12. The molecule has 0 aliphatic carbocycles. The molecule has 0 saturated carbocycles. The minimum Gasteiger partial charge on any atom is -0.364 e. The van der Waals surface area contributed by atoms with Gasteiger partial charge in [-0.05, 0) is 42.0 Å². The van der Waals surface area contributed by atoms with Crippen LogP contribution in [0.15, 0.2) is 60.7 Å². The summed E-state index contributed by atoms with van der Waals surface area (Å²) in [5, 5.41) is 3.05. The zero-order chi connectivity index (χ0) is 18.7. The third-order valence-electron chi connectivity index (χ3n) is 3.85. The molecule has 5 nitrogen and oxygen atoms in total. The van der Waals surface area contributed by atoms with Crippen LogP contribution in [-0.2, 0) is 6.54 Å². The molecule has 0 saturated heterocycles. The van der Waals surface area contributed by atoms with Crippen LogP contribution in [0.3, 0.4) is 0 Å². The molecule has 3 rings (SSSR count). The summed E-state index contributed by atoms with van der Waals surface area (Å²) in [6.45, 7) is 0.240. The third kappa shape index (κ3) is 3.75. The molecule has 0 radical (unpaired) electrons. The van der Waals surface area contributed by atoms with Crippen LogP contribution in [0.4, 0.5) is 10.2 Å². The van der Waals surface area contributed by atoms with Crippen molar-refractivity contribution in [2.45, 2.75) is 6.54 Å². The quantitative estimate of drug-likeness (QED) is 0.717. The van der Waals surface area contributed by atoms with Crippen molar-refractivity contribution in [3.8, 4) is 0 Å². The molecule has 1 heterocycles. The lowest BCUT2D eigenvalue weighted by Gasteiger charge is -2.13. The van der Waals surface area contributed by atoms with Crippen molar-refractivity contribution in [3.05, 3.63) is 88.3 Å². The summed E-state index contributed by atoms with van der Waals surface area (Å²) in [6.07, 6.45) is 0. The summed E-state index contributed by atoms with van der Waals surface area (Å²) in [4.78, 5) is 24.2. The number of carbonyl (C=O) groups is 2. The van der Waals surface area contributed by atoms with Gasteiger partial charge in [-0.2, -0.15) is 0 Å². The Morgan fingerprint density at radius 1 is 1.04 bits per heavy atom. The van der Waals surface area contributed by atoms with Crippen molar-refractivity contribution < 1.29 is 14.0 Å². The summed E-state index contributed by atoms with van der Waals surface area (Å²) in [5.41, 5.74) is 6.70. The van der Waals surface area contributed by atoms with Gasteiger partial charge in [-0.25, -0.2) is 4.39 Å². The number of nitrogens with two attached hydrogens (primary N) is 1. The Kier molecular flexibility index (Phi) is 5.04. The second kappa shape index (κ2) is 7.41. The van der Waals surface area contributed by atoms with E-state index in [1.807, 2.05) is 0 Å². The second-order valence-electron chi connectivity index (χ2n) is 5.61. The second-order valence-corrected chi connectivity index (χ2v) is 6.02. The first-order valence-corrected chi connectivity index (χ1v) is 8.13. The van der Waals surface area contributed by atoms with Crippen molar-refractivity contribution in [2.75, 3.05) is 5.32 Å². The number of hydrogen-bond acceptors (Lipinski definition) is 2. The molecule has 7 heteroatoms. The fourth-order valence-electron chi connectivity index (χ4n) is 2.56. The van der Waals surface area contributed by atoms with Crippen LogP contribution in [0.1, 0.15) is 26.4 Å². The van der Waals surface area contributed by atoms with Crippen LogP contribution >= 0.6 is 11.6 Å². The van der Waals surface area contributed by atoms with Gasteiger partial charge in [0, 0.05) is 6.54 Å². The molecule has 2 amide bonds. The lowest BCUT2D eigenvalue weighted by Crippen LogP contribution is -2.21. The molecule has 0 unspecified atom stereocenters. The molecule has 1 aromatic heterocycles. The molecule has 26 heavy (non-hydrogen) atoms. The van der Waals surface area contributed by atoms with Crippen LogP contribution in [0.2, 0.25) is 5.02 Å². The maximum Gasteiger partial charge on any atom is 0.265 e. The third-order valence-corrected chi connectivity index (χ3v) is 4.18. The zero-order valence-electron chi connectivity index (χ0n) is 13.6.